The Labute approximate surface area is 128 Å². The Balaban J connectivity index is 2.03. The smallest absolute Gasteiger partial charge is 0.123 e. The zero-order chi connectivity index (χ0) is 15.2. The predicted octanol–water partition coefficient (Wildman–Crippen LogP) is 4.03. The fourth-order valence-electron chi connectivity index (χ4n) is 2.53. The minimum Gasteiger partial charge on any atom is -0.463 e. The molecule has 0 amide bonds. The summed E-state index contributed by atoms with van der Waals surface area (Å²) in [7, 11) is 2.11. The quantitative estimate of drug-likeness (QED) is 0.779. The first-order valence-corrected chi connectivity index (χ1v) is 7.67. The molecule has 0 unspecified atom stereocenters. The lowest BCUT2D eigenvalue weighted by molar-refractivity contribution is 0.444. The molecule has 0 radical (unpaired) electrons. The van der Waals surface area contributed by atoms with Crippen molar-refractivity contribution in [2.75, 3.05) is 18.5 Å². The molecule has 0 atom stereocenters. The molecular formula is C18H26N2O. The van der Waals surface area contributed by atoms with Crippen LogP contribution >= 0.6 is 0 Å². The highest BCUT2D eigenvalue weighted by Crippen LogP contribution is 2.22. The van der Waals surface area contributed by atoms with E-state index in [1.54, 1.807) is 0 Å². The van der Waals surface area contributed by atoms with Crippen molar-refractivity contribution in [1.82, 2.24) is 5.32 Å². The van der Waals surface area contributed by atoms with Gasteiger partial charge in [-0.2, -0.15) is 0 Å². The van der Waals surface area contributed by atoms with Gasteiger partial charge in [-0.05, 0) is 50.1 Å². The predicted molar refractivity (Wildman–Crippen MR) is 88.7 cm³/mol. The Hall–Kier alpha value is -1.74. The van der Waals surface area contributed by atoms with Crippen LogP contribution in [0.3, 0.4) is 0 Å². The van der Waals surface area contributed by atoms with Crippen LogP contribution in [0.4, 0.5) is 5.69 Å². The summed E-state index contributed by atoms with van der Waals surface area (Å²) in [6.07, 6.45) is 1.14. The maximum absolute atomic E-state index is 5.99. The molecule has 3 nitrogen and oxygen atoms in total. The molecule has 0 aliphatic carbocycles. The average molecular weight is 286 g/mol. The van der Waals surface area contributed by atoms with Crippen molar-refractivity contribution in [1.29, 1.82) is 0 Å². The van der Waals surface area contributed by atoms with Gasteiger partial charge in [0.25, 0.3) is 0 Å². The number of rotatable bonds is 7. The van der Waals surface area contributed by atoms with Crippen molar-refractivity contribution in [3.05, 3.63) is 53.0 Å². The van der Waals surface area contributed by atoms with Crippen LogP contribution in [-0.4, -0.2) is 13.6 Å². The van der Waals surface area contributed by atoms with Gasteiger partial charge in [0.05, 0.1) is 13.1 Å². The van der Waals surface area contributed by atoms with Crippen LogP contribution in [0.15, 0.2) is 34.7 Å². The van der Waals surface area contributed by atoms with Gasteiger partial charge < -0.3 is 14.6 Å². The third-order valence-electron chi connectivity index (χ3n) is 3.70. The molecule has 0 fully saturated rings. The summed E-state index contributed by atoms with van der Waals surface area (Å²) in [6, 6.07) is 10.6. The normalized spacial score (nSPS) is 10.9. The lowest BCUT2D eigenvalue weighted by atomic mass is 10.2. The van der Waals surface area contributed by atoms with Crippen LogP contribution in [0.5, 0.6) is 0 Å². The van der Waals surface area contributed by atoms with Crippen LogP contribution in [0.25, 0.3) is 0 Å². The van der Waals surface area contributed by atoms with E-state index in [9.17, 15) is 0 Å². The number of hydrogen-bond acceptors (Lipinski definition) is 3. The Morgan fingerprint density at radius 1 is 1.14 bits per heavy atom. The van der Waals surface area contributed by atoms with Crippen molar-refractivity contribution >= 4 is 5.69 Å². The second-order valence-corrected chi connectivity index (χ2v) is 5.64. The summed E-state index contributed by atoms with van der Waals surface area (Å²) in [6.45, 7) is 9.05. The number of nitrogens with one attached hydrogen (secondary N) is 1. The van der Waals surface area contributed by atoms with Gasteiger partial charge in [0.15, 0.2) is 0 Å². The fraction of sp³-hybridized carbons (Fsp3) is 0.444. The molecule has 1 aromatic heterocycles. The number of hydrogen-bond donors (Lipinski definition) is 1. The zero-order valence-electron chi connectivity index (χ0n) is 13.6. The molecule has 1 heterocycles. The van der Waals surface area contributed by atoms with Crippen molar-refractivity contribution in [3.63, 3.8) is 0 Å². The van der Waals surface area contributed by atoms with E-state index in [0.29, 0.717) is 0 Å². The number of nitrogens with zero attached hydrogens (tertiary/aromatic N) is 1. The van der Waals surface area contributed by atoms with E-state index in [1.165, 1.54) is 16.8 Å². The van der Waals surface area contributed by atoms with Crippen molar-refractivity contribution in [2.24, 2.45) is 0 Å². The number of furan rings is 1. The molecule has 2 aromatic rings. The summed E-state index contributed by atoms with van der Waals surface area (Å²) >= 11 is 0. The molecule has 0 aliphatic heterocycles. The third kappa shape index (κ3) is 4.11. The van der Waals surface area contributed by atoms with Gasteiger partial charge in [-0.15, -0.1) is 0 Å². The Morgan fingerprint density at radius 3 is 2.62 bits per heavy atom. The maximum Gasteiger partial charge on any atom is 0.123 e. The van der Waals surface area contributed by atoms with Crippen LogP contribution in [0, 0.1) is 13.8 Å². The van der Waals surface area contributed by atoms with Gasteiger partial charge in [0, 0.05) is 12.7 Å². The standard InChI is InChI=1S/C18H26N2O/c1-5-10-19-12-18-15(3)11-16(21-18)13-20(4)17-9-7-6-8-14(17)2/h6-9,11,19H,5,10,12-13H2,1-4H3. The maximum atomic E-state index is 5.99. The van der Waals surface area contributed by atoms with E-state index < -0.39 is 0 Å². The summed E-state index contributed by atoms with van der Waals surface area (Å²) < 4.78 is 5.99. The molecule has 114 valence electrons. The van der Waals surface area contributed by atoms with Crippen molar-refractivity contribution in [3.8, 4) is 0 Å². The highest BCUT2D eigenvalue weighted by molar-refractivity contribution is 5.52. The van der Waals surface area contributed by atoms with Crippen LogP contribution < -0.4 is 10.2 Å². The van der Waals surface area contributed by atoms with E-state index in [1.807, 2.05) is 0 Å². The first kappa shape index (κ1) is 15.6. The SMILES string of the molecule is CCCNCc1oc(CN(C)c2ccccc2C)cc1C. The monoisotopic (exact) mass is 286 g/mol. The van der Waals surface area contributed by atoms with Crippen molar-refractivity contribution < 1.29 is 4.42 Å². The molecule has 2 rings (SSSR count). The Bertz CT molecular complexity index is 574. The summed E-state index contributed by atoms with van der Waals surface area (Å²) in [4.78, 5) is 2.23. The van der Waals surface area contributed by atoms with E-state index in [0.717, 1.165) is 37.6 Å². The van der Waals surface area contributed by atoms with Gasteiger partial charge in [0.1, 0.15) is 11.5 Å². The minimum absolute atomic E-state index is 0.791. The van der Waals surface area contributed by atoms with Crippen molar-refractivity contribution in [2.45, 2.75) is 40.3 Å². The Morgan fingerprint density at radius 2 is 1.90 bits per heavy atom. The number of aryl methyl sites for hydroxylation is 2. The number of benzene rings is 1. The van der Waals surface area contributed by atoms with Crippen LogP contribution in [-0.2, 0) is 13.1 Å². The summed E-state index contributed by atoms with van der Waals surface area (Å²) in [5.74, 6) is 2.07. The molecule has 0 spiro atoms. The molecule has 0 bridgehead atoms. The van der Waals surface area contributed by atoms with E-state index in [2.05, 4.69) is 68.4 Å². The Kier molecular flexibility index (Phi) is 5.45. The third-order valence-corrected chi connectivity index (χ3v) is 3.70. The topological polar surface area (TPSA) is 28.4 Å². The molecule has 3 heteroatoms. The lowest BCUT2D eigenvalue weighted by Crippen LogP contribution is -2.17. The fourth-order valence-corrected chi connectivity index (χ4v) is 2.53. The van der Waals surface area contributed by atoms with Crippen LogP contribution in [0.2, 0.25) is 0 Å². The molecule has 1 N–H and O–H groups in total. The number of para-hydroxylation sites is 1. The molecular weight excluding hydrogens is 260 g/mol. The molecule has 0 aliphatic rings. The largest absolute Gasteiger partial charge is 0.463 e. The molecule has 21 heavy (non-hydrogen) atoms. The first-order valence-electron chi connectivity index (χ1n) is 7.67. The van der Waals surface area contributed by atoms with Crippen LogP contribution in [0.1, 0.15) is 36.0 Å². The van der Waals surface area contributed by atoms with E-state index >= 15 is 0 Å². The highest BCUT2D eigenvalue weighted by Gasteiger charge is 2.11. The summed E-state index contributed by atoms with van der Waals surface area (Å²) in [5, 5.41) is 3.39. The van der Waals surface area contributed by atoms with Gasteiger partial charge in [0.2, 0.25) is 0 Å². The van der Waals surface area contributed by atoms with Gasteiger partial charge in [-0.1, -0.05) is 25.1 Å². The number of anilines is 1. The lowest BCUT2D eigenvalue weighted by Gasteiger charge is -2.20. The van der Waals surface area contributed by atoms with Gasteiger partial charge in [-0.3, -0.25) is 0 Å². The van der Waals surface area contributed by atoms with E-state index in [4.69, 9.17) is 4.42 Å². The second-order valence-electron chi connectivity index (χ2n) is 5.64. The molecule has 0 saturated carbocycles. The zero-order valence-corrected chi connectivity index (χ0v) is 13.6. The van der Waals surface area contributed by atoms with Gasteiger partial charge in [-0.25, -0.2) is 0 Å². The summed E-state index contributed by atoms with van der Waals surface area (Å²) in [5.41, 5.74) is 3.76. The first-order chi connectivity index (χ1) is 10.1. The van der Waals surface area contributed by atoms with Gasteiger partial charge >= 0.3 is 0 Å². The highest BCUT2D eigenvalue weighted by atomic mass is 16.3. The minimum atomic E-state index is 0.791. The van der Waals surface area contributed by atoms with E-state index in [-0.39, 0.29) is 0 Å². The second kappa shape index (κ2) is 7.32. The molecule has 0 saturated heterocycles. The average Bonchev–Trinajstić information content (AvgIpc) is 2.79. The molecule has 1 aromatic carbocycles.